The van der Waals surface area contributed by atoms with Gasteiger partial charge in [-0.1, -0.05) is 0 Å². The number of anilines is 1. The average molecular weight is 362 g/mol. The van der Waals surface area contributed by atoms with E-state index in [4.69, 9.17) is 14.2 Å². The summed E-state index contributed by atoms with van der Waals surface area (Å²) in [5, 5.41) is 13.0. The Morgan fingerprint density at radius 2 is 2.05 bits per heavy atom. The van der Waals surface area contributed by atoms with Gasteiger partial charge in [-0.05, 0) is 41.9 Å². The molecule has 0 amide bonds. The third-order valence-electron chi connectivity index (χ3n) is 2.69. The van der Waals surface area contributed by atoms with Crippen molar-refractivity contribution in [2.45, 2.75) is 26.1 Å². The van der Waals surface area contributed by atoms with Crippen LogP contribution in [0.2, 0.25) is 0 Å². The minimum absolute atomic E-state index is 0.200. The molecule has 1 rings (SSSR count). The minimum Gasteiger partial charge on any atom is -0.497 e. The number of aliphatic hydroxyl groups excluding tert-OH is 1. The second-order valence-electron chi connectivity index (χ2n) is 4.87. The van der Waals surface area contributed by atoms with Crippen molar-refractivity contribution in [1.29, 1.82) is 0 Å². The number of hydrogen-bond donors (Lipinski definition) is 2. The van der Waals surface area contributed by atoms with E-state index in [0.717, 1.165) is 15.9 Å². The molecule has 0 aromatic heterocycles. The molecule has 21 heavy (non-hydrogen) atoms. The number of nitrogens with one attached hydrogen (secondary N) is 1. The number of methoxy groups -OCH3 is 1. The molecule has 0 heterocycles. The van der Waals surface area contributed by atoms with E-state index in [1.807, 2.05) is 32.0 Å². The summed E-state index contributed by atoms with van der Waals surface area (Å²) < 4.78 is 16.8. The van der Waals surface area contributed by atoms with Crippen LogP contribution >= 0.6 is 15.9 Å². The van der Waals surface area contributed by atoms with Crippen LogP contribution in [0.1, 0.15) is 13.8 Å². The van der Waals surface area contributed by atoms with Gasteiger partial charge in [-0.2, -0.15) is 0 Å². The highest BCUT2D eigenvalue weighted by molar-refractivity contribution is 9.10. The van der Waals surface area contributed by atoms with E-state index in [-0.39, 0.29) is 12.7 Å². The standard InChI is InChI=1S/C15H24BrNO4/c1-11(2)21-7-6-20-10-12(18)9-17-15-8-13(19-3)4-5-14(15)16/h4-5,8,11-12,17-18H,6-7,9-10H2,1-3H3. The highest BCUT2D eigenvalue weighted by atomic mass is 79.9. The van der Waals surface area contributed by atoms with E-state index < -0.39 is 6.10 Å². The Morgan fingerprint density at radius 3 is 2.71 bits per heavy atom. The second-order valence-corrected chi connectivity index (χ2v) is 5.73. The summed E-state index contributed by atoms with van der Waals surface area (Å²) in [6.45, 7) is 5.65. The molecule has 120 valence electrons. The molecule has 5 nitrogen and oxygen atoms in total. The van der Waals surface area contributed by atoms with Crippen LogP contribution in [-0.4, -0.2) is 50.8 Å². The highest BCUT2D eigenvalue weighted by Crippen LogP contribution is 2.26. The zero-order chi connectivity index (χ0) is 15.7. The fraction of sp³-hybridized carbons (Fsp3) is 0.600. The van der Waals surface area contributed by atoms with Gasteiger partial charge < -0.3 is 24.6 Å². The molecule has 2 N–H and O–H groups in total. The van der Waals surface area contributed by atoms with Crippen molar-refractivity contribution < 1.29 is 19.3 Å². The molecule has 1 unspecified atom stereocenters. The maximum atomic E-state index is 9.86. The van der Waals surface area contributed by atoms with Crippen molar-refractivity contribution in [3.05, 3.63) is 22.7 Å². The van der Waals surface area contributed by atoms with E-state index in [9.17, 15) is 5.11 Å². The van der Waals surface area contributed by atoms with Crippen molar-refractivity contribution in [2.24, 2.45) is 0 Å². The van der Waals surface area contributed by atoms with E-state index in [0.29, 0.717) is 19.8 Å². The number of halogens is 1. The molecule has 1 atom stereocenters. The van der Waals surface area contributed by atoms with Gasteiger partial charge in [0.2, 0.25) is 0 Å². The van der Waals surface area contributed by atoms with Gasteiger partial charge in [0.25, 0.3) is 0 Å². The second kappa shape index (κ2) is 10.00. The van der Waals surface area contributed by atoms with E-state index >= 15 is 0 Å². The monoisotopic (exact) mass is 361 g/mol. The molecule has 0 bridgehead atoms. The Hall–Kier alpha value is -0.820. The molecule has 6 heteroatoms. The summed E-state index contributed by atoms with van der Waals surface area (Å²) >= 11 is 3.45. The van der Waals surface area contributed by atoms with Gasteiger partial charge in [-0.3, -0.25) is 0 Å². The van der Waals surface area contributed by atoms with Crippen molar-refractivity contribution >= 4 is 21.6 Å². The predicted molar refractivity (Wildman–Crippen MR) is 87.1 cm³/mol. The van der Waals surface area contributed by atoms with E-state index in [1.165, 1.54) is 0 Å². The molecule has 0 saturated carbocycles. The molecule has 0 spiro atoms. The largest absolute Gasteiger partial charge is 0.497 e. The Morgan fingerprint density at radius 1 is 1.29 bits per heavy atom. The fourth-order valence-electron chi connectivity index (χ4n) is 1.62. The molecule has 0 fully saturated rings. The minimum atomic E-state index is -0.581. The molecular weight excluding hydrogens is 338 g/mol. The third-order valence-corrected chi connectivity index (χ3v) is 3.38. The molecule has 0 aliphatic carbocycles. The highest BCUT2D eigenvalue weighted by Gasteiger charge is 2.07. The van der Waals surface area contributed by atoms with Crippen molar-refractivity contribution in [2.75, 3.05) is 38.8 Å². The van der Waals surface area contributed by atoms with Crippen LogP contribution in [0.5, 0.6) is 5.75 Å². The number of ether oxygens (including phenoxy) is 3. The number of aliphatic hydroxyl groups is 1. The topological polar surface area (TPSA) is 60.0 Å². The molecule has 1 aromatic carbocycles. The van der Waals surface area contributed by atoms with Gasteiger partial charge in [0.15, 0.2) is 0 Å². The first-order chi connectivity index (χ1) is 10.0. The third kappa shape index (κ3) is 7.66. The Kier molecular flexibility index (Phi) is 8.68. The SMILES string of the molecule is COc1ccc(Br)c(NCC(O)COCCOC(C)C)c1. The van der Waals surface area contributed by atoms with Crippen LogP contribution in [0.4, 0.5) is 5.69 Å². The van der Waals surface area contributed by atoms with E-state index in [2.05, 4.69) is 21.2 Å². The lowest BCUT2D eigenvalue weighted by Crippen LogP contribution is -2.26. The van der Waals surface area contributed by atoms with Gasteiger partial charge in [0.05, 0.1) is 44.8 Å². The summed E-state index contributed by atoms with van der Waals surface area (Å²) in [4.78, 5) is 0. The molecule has 0 aliphatic heterocycles. The Labute approximate surface area is 134 Å². The number of rotatable bonds is 10. The van der Waals surface area contributed by atoms with Gasteiger partial charge in [-0.15, -0.1) is 0 Å². The first-order valence-corrected chi connectivity index (χ1v) is 7.77. The molecule has 0 saturated heterocycles. The van der Waals surface area contributed by atoms with Crippen molar-refractivity contribution in [3.8, 4) is 5.75 Å². The normalized spacial score (nSPS) is 12.5. The smallest absolute Gasteiger partial charge is 0.121 e. The Balaban J connectivity index is 2.25. The van der Waals surface area contributed by atoms with Crippen LogP contribution < -0.4 is 10.1 Å². The van der Waals surface area contributed by atoms with Gasteiger partial charge in [0.1, 0.15) is 5.75 Å². The van der Waals surface area contributed by atoms with Gasteiger partial charge in [-0.25, -0.2) is 0 Å². The summed E-state index contributed by atoms with van der Waals surface area (Å²) in [6, 6.07) is 5.63. The van der Waals surface area contributed by atoms with Crippen molar-refractivity contribution in [1.82, 2.24) is 0 Å². The van der Waals surface area contributed by atoms with Crippen molar-refractivity contribution in [3.63, 3.8) is 0 Å². The van der Waals surface area contributed by atoms with Gasteiger partial charge >= 0.3 is 0 Å². The summed E-state index contributed by atoms with van der Waals surface area (Å²) in [5.74, 6) is 0.761. The number of benzene rings is 1. The van der Waals surface area contributed by atoms with Gasteiger partial charge in [0, 0.05) is 17.1 Å². The van der Waals surface area contributed by atoms with Crippen LogP contribution in [0.25, 0.3) is 0 Å². The molecular formula is C15H24BrNO4. The van der Waals surface area contributed by atoms with Crippen LogP contribution in [-0.2, 0) is 9.47 Å². The fourth-order valence-corrected chi connectivity index (χ4v) is 2.00. The van der Waals surface area contributed by atoms with Crippen LogP contribution in [0, 0.1) is 0 Å². The van der Waals surface area contributed by atoms with Crippen LogP contribution in [0.3, 0.4) is 0 Å². The first-order valence-electron chi connectivity index (χ1n) is 6.97. The summed E-state index contributed by atoms with van der Waals surface area (Å²) in [6.07, 6.45) is -0.382. The summed E-state index contributed by atoms with van der Waals surface area (Å²) in [5.41, 5.74) is 0.872. The number of hydrogen-bond acceptors (Lipinski definition) is 5. The zero-order valence-corrected chi connectivity index (χ0v) is 14.4. The predicted octanol–water partition coefficient (Wildman–Crippen LogP) is 2.67. The zero-order valence-electron chi connectivity index (χ0n) is 12.8. The molecule has 0 radical (unpaired) electrons. The molecule has 0 aliphatic rings. The van der Waals surface area contributed by atoms with E-state index in [1.54, 1.807) is 7.11 Å². The lowest BCUT2D eigenvalue weighted by atomic mass is 10.3. The quantitative estimate of drug-likeness (QED) is 0.627. The maximum Gasteiger partial charge on any atom is 0.121 e. The first kappa shape index (κ1) is 18.2. The van der Waals surface area contributed by atoms with Crippen LogP contribution in [0.15, 0.2) is 22.7 Å². The lowest BCUT2D eigenvalue weighted by Gasteiger charge is -2.15. The Bertz CT molecular complexity index is 415. The lowest BCUT2D eigenvalue weighted by molar-refractivity contribution is -0.00734. The summed E-state index contributed by atoms with van der Waals surface area (Å²) in [7, 11) is 1.62. The average Bonchev–Trinajstić information content (AvgIpc) is 2.45. The molecule has 1 aromatic rings. The maximum absolute atomic E-state index is 9.86.